The SMILES string of the molecule is C.COCCCOP(O)(=S)OC.[Y]. The number of hydrogen-bond acceptors (Lipinski definition) is 4. The van der Waals surface area contributed by atoms with Gasteiger partial charge >= 0.3 is 6.72 Å². The van der Waals surface area contributed by atoms with Gasteiger partial charge in [0.05, 0.1) is 6.61 Å². The summed E-state index contributed by atoms with van der Waals surface area (Å²) in [6.07, 6.45) is 0.707. The van der Waals surface area contributed by atoms with Gasteiger partial charge in [0.1, 0.15) is 0 Å². The Kier molecular flexibility index (Phi) is 18.0. The summed E-state index contributed by atoms with van der Waals surface area (Å²) >= 11 is 4.58. The topological polar surface area (TPSA) is 47.9 Å². The second-order valence-corrected chi connectivity index (χ2v) is 4.78. The van der Waals surface area contributed by atoms with Crippen LogP contribution in [0.1, 0.15) is 13.8 Å². The number of hydrogen-bond donors (Lipinski definition) is 1. The molecule has 0 aromatic carbocycles. The standard InChI is InChI=1S/C5H13O4PS.CH4.Y/c1-7-4-3-5-9-10(6,11)8-2;;/h3-5H2,1-2H3,(H,6,11);1H4;. The third-order valence-electron chi connectivity index (χ3n) is 0.978. The summed E-state index contributed by atoms with van der Waals surface area (Å²) in [5, 5.41) is 0. The Bertz CT molecular complexity index is 147. The van der Waals surface area contributed by atoms with Gasteiger partial charge in [-0.2, -0.15) is 0 Å². The molecule has 0 aliphatic carbocycles. The van der Waals surface area contributed by atoms with E-state index in [0.717, 1.165) is 0 Å². The second kappa shape index (κ2) is 11.7. The molecule has 1 radical (unpaired) electrons. The molecule has 0 bridgehead atoms. The Balaban J connectivity index is -0.000000500. The first-order chi connectivity index (χ1) is 5.12. The Morgan fingerprint density at radius 3 is 2.23 bits per heavy atom. The van der Waals surface area contributed by atoms with Gasteiger partial charge in [-0.25, -0.2) is 0 Å². The van der Waals surface area contributed by atoms with Crippen LogP contribution in [0.3, 0.4) is 0 Å². The number of methoxy groups -OCH3 is 1. The van der Waals surface area contributed by atoms with Crippen molar-refractivity contribution < 1.29 is 51.4 Å². The van der Waals surface area contributed by atoms with E-state index in [0.29, 0.717) is 19.6 Å². The van der Waals surface area contributed by atoms with Gasteiger partial charge in [0.2, 0.25) is 0 Å². The largest absolute Gasteiger partial charge is 0.385 e. The molecule has 1 atom stereocenters. The minimum Gasteiger partial charge on any atom is -0.385 e. The van der Waals surface area contributed by atoms with Gasteiger partial charge < -0.3 is 18.7 Å². The molecule has 13 heavy (non-hydrogen) atoms. The van der Waals surface area contributed by atoms with Gasteiger partial charge in [-0.1, -0.05) is 7.43 Å². The van der Waals surface area contributed by atoms with E-state index in [-0.39, 0.29) is 40.1 Å². The minimum absolute atomic E-state index is 0. The summed E-state index contributed by atoms with van der Waals surface area (Å²) in [6.45, 7) is -1.97. The van der Waals surface area contributed by atoms with E-state index in [4.69, 9.17) is 14.2 Å². The molecule has 7 heteroatoms. The zero-order chi connectivity index (χ0) is 8.74. The molecule has 0 aromatic rings. The summed E-state index contributed by atoms with van der Waals surface area (Å²) in [5.74, 6) is 0. The predicted molar refractivity (Wildman–Crippen MR) is 52.7 cm³/mol. The summed E-state index contributed by atoms with van der Waals surface area (Å²) in [6, 6.07) is 0. The molecule has 0 aromatic heterocycles. The Labute approximate surface area is 110 Å². The molecule has 79 valence electrons. The third-order valence-corrected chi connectivity index (χ3v) is 2.71. The molecule has 4 nitrogen and oxygen atoms in total. The van der Waals surface area contributed by atoms with E-state index < -0.39 is 6.72 Å². The van der Waals surface area contributed by atoms with Gasteiger partial charge in [-0.3, -0.25) is 0 Å². The van der Waals surface area contributed by atoms with Gasteiger partial charge in [-0.15, -0.1) is 0 Å². The van der Waals surface area contributed by atoms with Crippen LogP contribution in [0.4, 0.5) is 0 Å². The van der Waals surface area contributed by atoms with Crippen molar-refractivity contribution in [2.75, 3.05) is 27.4 Å². The van der Waals surface area contributed by atoms with Crippen LogP contribution in [-0.4, -0.2) is 32.3 Å². The minimum atomic E-state index is -2.94. The Morgan fingerprint density at radius 1 is 1.31 bits per heavy atom. The zero-order valence-electron chi connectivity index (χ0n) is 7.23. The van der Waals surface area contributed by atoms with Crippen LogP contribution in [0.2, 0.25) is 0 Å². The maximum Gasteiger partial charge on any atom is 0.324 e. The molecule has 1 N–H and O–H groups in total. The maximum absolute atomic E-state index is 9.06. The summed E-state index contributed by atoms with van der Waals surface area (Å²) in [7, 11) is 2.93. The predicted octanol–water partition coefficient (Wildman–Crippen LogP) is 1.54. The van der Waals surface area contributed by atoms with Crippen LogP contribution in [0, 0.1) is 0 Å². The van der Waals surface area contributed by atoms with Gasteiger partial charge in [-0.05, 0) is 18.2 Å². The summed E-state index contributed by atoms with van der Waals surface area (Å²) in [5.41, 5.74) is 0. The third kappa shape index (κ3) is 13.6. The monoisotopic (exact) mass is 305 g/mol. The van der Waals surface area contributed by atoms with Gasteiger partial charge in [0.25, 0.3) is 0 Å². The zero-order valence-corrected chi connectivity index (χ0v) is 11.8. The quantitative estimate of drug-likeness (QED) is 0.596. The Morgan fingerprint density at radius 2 is 1.85 bits per heavy atom. The van der Waals surface area contributed by atoms with Gasteiger partial charge in [0.15, 0.2) is 0 Å². The van der Waals surface area contributed by atoms with Crippen LogP contribution in [0.15, 0.2) is 0 Å². The smallest absolute Gasteiger partial charge is 0.324 e. The van der Waals surface area contributed by atoms with E-state index >= 15 is 0 Å². The fourth-order valence-electron chi connectivity index (χ4n) is 0.436. The molecule has 0 aliphatic heterocycles. The molecule has 0 amide bonds. The van der Waals surface area contributed by atoms with Crippen molar-refractivity contribution in [3.05, 3.63) is 0 Å². The molecule has 1 unspecified atom stereocenters. The van der Waals surface area contributed by atoms with E-state index in [2.05, 4.69) is 16.3 Å². The maximum atomic E-state index is 9.06. The molecular weight excluding hydrogens is 288 g/mol. The van der Waals surface area contributed by atoms with Gasteiger partial charge in [0, 0.05) is 53.5 Å². The van der Waals surface area contributed by atoms with Crippen molar-refractivity contribution in [2.24, 2.45) is 0 Å². The fraction of sp³-hybridized carbons (Fsp3) is 1.00. The van der Waals surface area contributed by atoms with E-state index in [1.807, 2.05) is 0 Å². The van der Waals surface area contributed by atoms with E-state index in [1.54, 1.807) is 7.11 Å². The molecular formula is C6H17O4PSY. The number of ether oxygens (including phenoxy) is 1. The van der Waals surface area contributed by atoms with Crippen molar-refractivity contribution in [1.82, 2.24) is 0 Å². The first-order valence-corrected chi connectivity index (χ1v) is 5.73. The normalized spacial score (nSPS) is 13.8. The molecule has 0 saturated carbocycles. The average Bonchev–Trinajstić information content (AvgIpc) is 1.99. The molecule has 0 saturated heterocycles. The second-order valence-electron chi connectivity index (χ2n) is 1.83. The molecule has 0 aliphatic rings. The van der Waals surface area contributed by atoms with Crippen LogP contribution in [-0.2, 0) is 58.3 Å². The van der Waals surface area contributed by atoms with Crippen LogP contribution < -0.4 is 0 Å². The first kappa shape index (κ1) is 20.1. The van der Waals surface area contributed by atoms with Crippen molar-refractivity contribution in [1.29, 1.82) is 0 Å². The fourth-order valence-corrected chi connectivity index (χ4v) is 1.12. The first-order valence-electron chi connectivity index (χ1n) is 3.14. The van der Waals surface area contributed by atoms with Crippen LogP contribution >= 0.6 is 6.72 Å². The van der Waals surface area contributed by atoms with E-state index in [1.165, 1.54) is 7.11 Å². The molecule has 0 rings (SSSR count). The Hall–Kier alpha value is 1.59. The summed E-state index contributed by atoms with van der Waals surface area (Å²) < 4.78 is 14.2. The molecule has 0 heterocycles. The van der Waals surface area contributed by atoms with Crippen LogP contribution in [0.25, 0.3) is 0 Å². The summed E-state index contributed by atoms with van der Waals surface area (Å²) in [4.78, 5) is 9.06. The average molecular weight is 305 g/mol. The molecule has 0 spiro atoms. The number of rotatable bonds is 6. The van der Waals surface area contributed by atoms with Crippen molar-refractivity contribution >= 4 is 18.5 Å². The van der Waals surface area contributed by atoms with Crippen molar-refractivity contribution in [3.63, 3.8) is 0 Å². The molecule has 0 fully saturated rings. The van der Waals surface area contributed by atoms with Crippen LogP contribution in [0.5, 0.6) is 0 Å². The van der Waals surface area contributed by atoms with Crippen molar-refractivity contribution in [2.45, 2.75) is 13.8 Å². The van der Waals surface area contributed by atoms with Crippen molar-refractivity contribution in [3.8, 4) is 0 Å². The van der Waals surface area contributed by atoms with E-state index in [9.17, 15) is 0 Å².